The molecule has 0 N–H and O–H groups in total. The van der Waals surface area contributed by atoms with Gasteiger partial charge in [0.1, 0.15) is 5.30 Å². The maximum atomic E-state index is 11.1. The van der Waals surface area contributed by atoms with E-state index in [0.29, 0.717) is 0 Å². The number of nitrogens with zero attached hydrogens (tertiary/aromatic N) is 5. The second-order valence-corrected chi connectivity index (χ2v) is 5.40. The summed E-state index contributed by atoms with van der Waals surface area (Å²) in [6.45, 7) is 0. The second-order valence-electron chi connectivity index (χ2n) is 4.52. The van der Waals surface area contributed by atoms with Gasteiger partial charge in [0.05, 0.1) is 28.1 Å². The average Bonchev–Trinajstić information content (AvgIpc) is 2.58. The molecule has 0 atom stereocenters. The van der Waals surface area contributed by atoms with Gasteiger partial charge in [-0.05, 0) is 12.1 Å². The number of rotatable bonds is 6. The molecular formula is C12H6N5O8P. The van der Waals surface area contributed by atoms with Gasteiger partial charge in [-0.3, -0.25) is 40.5 Å². The van der Waals surface area contributed by atoms with Gasteiger partial charge < -0.3 is 0 Å². The summed E-state index contributed by atoms with van der Waals surface area (Å²) in [7, 11) is -0.221. The van der Waals surface area contributed by atoms with Gasteiger partial charge in [0, 0.05) is 12.1 Å². The minimum absolute atomic E-state index is 0.190. The molecule has 132 valence electrons. The van der Waals surface area contributed by atoms with Gasteiger partial charge >= 0.3 is 22.7 Å². The molecule has 0 aliphatic carbocycles. The average molecular weight is 379 g/mol. The molecule has 0 radical (unpaired) electrons. The van der Waals surface area contributed by atoms with Crippen LogP contribution >= 0.6 is 8.37 Å². The highest BCUT2D eigenvalue weighted by Gasteiger charge is 2.30. The van der Waals surface area contributed by atoms with Gasteiger partial charge in [-0.1, -0.05) is 12.1 Å². The van der Waals surface area contributed by atoms with Crippen molar-refractivity contribution in [1.82, 2.24) is 0 Å². The summed E-state index contributed by atoms with van der Waals surface area (Å²) in [5.41, 5.74) is -3.62. The quantitative estimate of drug-likeness (QED) is 0.415. The maximum absolute atomic E-state index is 11.1. The van der Waals surface area contributed by atoms with Crippen LogP contribution in [0.2, 0.25) is 0 Å². The summed E-state index contributed by atoms with van der Waals surface area (Å²) in [6.07, 6.45) is 0. The predicted octanol–water partition coefficient (Wildman–Crippen LogP) is 3.41. The third-order valence-electron chi connectivity index (χ3n) is 3.01. The molecule has 13 nitrogen and oxygen atoms in total. The summed E-state index contributed by atoms with van der Waals surface area (Å²) in [5.74, 6) is 0. The van der Waals surface area contributed by atoms with Crippen LogP contribution in [0.25, 0.3) is 0 Å². The molecule has 0 heterocycles. The highest BCUT2D eigenvalue weighted by Crippen LogP contribution is 2.38. The zero-order valence-electron chi connectivity index (χ0n) is 12.4. The Hall–Kier alpha value is -3.86. The Morgan fingerprint density at radius 2 is 1.19 bits per heavy atom. The van der Waals surface area contributed by atoms with Gasteiger partial charge in [-0.2, -0.15) is 0 Å². The molecule has 14 heteroatoms. The van der Waals surface area contributed by atoms with Crippen molar-refractivity contribution in [2.24, 2.45) is 4.74 Å². The first-order valence-electron chi connectivity index (χ1n) is 6.49. The first-order chi connectivity index (χ1) is 12.2. The lowest BCUT2D eigenvalue weighted by atomic mass is 10.2. The van der Waals surface area contributed by atoms with Crippen LogP contribution in [0.15, 0.2) is 41.1 Å². The van der Waals surface area contributed by atoms with E-state index in [1.165, 1.54) is 18.2 Å². The number of hydrogen-bond acceptors (Lipinski definition) is 9. The van der Waals surface area contributed by atoms with Gasteiger partial charge in [0.2, 0.25) is 0 Å². The van der Waals surface area contributed by atoms with Crippen molar-refractivity contribution in [3.63, 3.8) is 0 Å². The molecule has 0 aromatic heterocycles. The first-order valence-corrected chi connectivity index (χ1v) is 7.34. The number of nitro groups is 4. The van der Waals surface area contributed by atoms with E-state index in [1.807, 2.05) is 0 Å². The molecule has 0 saturated heterocycles. The molecule has 0 amide bonds. The third-order valence-corrected chi connectivity index (χ3v) is 3.90. The standard InChI is InChI=1S/C12H6N5O8P/c18-14(19)8-4-1-3-7(11(8)16(22)23)13-26-10-6-2-5-9(15(20)21)12(10)17(24)25/h1-6H. The van der Waals surface area contributed by atoms with Crippen molar-refractivity contribution in [2.75, 3.05) is 0 Å². The summed E-state index contributed by atoms with van der Waals surface area (Å²) in [4.78, 5) is 40.2. The van der Waals surface area contributed by atoms with E-state index >= 15 is 0 Å². The molecule has 2 aromatic rings. The Labute approximate surface area is 144 Å². The summed E-state index contributed by atoms with van der Waals surface area (Å²) in [5, 5.41) is 43.9. The highest BCUT2D eigenvalue weighted by atomic mass is 31.1. The van der Waals surface area contributed by atoms with Gasteiger partial charge in [0.15, 0.2) is 5.69 Å². The fourth-order valence-corrected chi connectivity index (χ4v) is 2.80. The van der Waals surface area contributed by atoms with E-state index < -0.39 is 42.4 Å². The summed E-state index contributed by atoms with van der Waals surface area (Å²) >= 11 is 0. The van der Waals surface area contributed by atoms with Crippen LogP contribution in [0.5, 0.6) is 0 Å². The monoisotopic (exact) mass is 379 g/mol. The first kappa shape index (κ1) is 18.5. The molecule has 0 aliphatic heterocycles. The van der Waals surface area contributed by atoms with E-state index in [0.717, 1.165) is 18.2 Å². The van der Waals surface area contributed by atoms with Crippen molar-refractivity contribution in [1.29, 1.82) is 0 Å². The topological polar surface area (TPSA) is 185 Å². The Balaban J connectivity index is 2.62. The molecule has 0 fully saturated rings. The lowest BCUT2D eigenvalue weighted by Crippen LogP contribution is -2.06. The predicted molar refractivity (Wildman–Crippen MR) is 88.1 cm³/mol. The minimum atomic E-state index is -0.992. The number of nitro benzene ring substituents is 4. The smallest absolute Gasteiger partial charge is 0.258 e. The SMILES string of the molecule is O=[N+]([O-])c1cccc(N=Pc2cccc([N+](=O)[O-])c2[N+](=O)[O-])c1[N+](=O)[O-]. The van der Waals surface area contributed by atoms with E-state index in [9.17, 15) is 40.5 Å². The summed E-state index contributed by atoms with van der Waals surface area (Å²) < 4.78 is 3.78. The maximum Gasteiger partial charge on any atom is 0.371 e. The van der Waals surface area contributed by atoms with Crippen LogP contribution in [-0.2, 0) is 0 Å². The number of para-hydroxylation sites is 2. The van der Waals surface area contributed by atoms with E-state index in [-0.39, 0.29) is 19.4 Å². The highest BCUT2D eigenvalue weighted by molar-refractivity contribution is 7.37. The lowest BCUT2D eigenvalue weighted by Gasteiger charge is -1.99. The van der Waals surface area contributed by atoms with Crippen molar-refractivity contribution in [2.45, 2.75) is 0 Å². The van der Waals surface area contributed by atoms with E-state index in [4.69, 9.17) is 0 Å². The fourth-order valence-electron chi connectivity index (χ4n) is 1.98. The van der Waals surface area contributed by atoms with Crippen molar-refractivity contribution in [3.05, 3.63) is 76.9 Å². The fraction of sp³-hybridized carbons (Fsp3) is 0. The van der Waals surface area contributed by atoms with Crippen molar-refractivity contribution < 1.29 is 19.7 Å². The van der Waals surface area contributed by atoms with Crippen LogP contribution < -0.4 is 5.30 Å². The molecule has 0 aliphatic rings. The molecule has 26 heavy (non-hydrogen) atoms. The largest absolute Gasteiger partial charge is 0.371 e. The molecule has 0 bridgehead atoms. The zero-order valence-corrected chi connectivity index (χ0v) is 13.3. The van der Waals surface area contributed by atoms with Gasteiger partial charge in [0.25, 0.3) is 0 Å². The van der Waals surface area contributed by atoms with Crippen LogP contribution in [0, 0.1) is 40.5 Å². The molecule has 0 saturated carbocycles. The van der Waals surface area contributed by atoms with Gasteiger partial charge in [-0.15, -0.1) is 0 Å². The lowest BCUT2D eigenvalue weighted by molar-refractivity contribution is -0.421. The van der Waals surface area contributed by atoms with E-state index in [2.05, 4.69) is 4.74 Å². The zero-order chi connectivity index (χ0) is 19.4. The van der Waals surface area contributed by atoms with E-state index in [1.54, 1.807) is 0 Å². The van der Waals surface area contributed by atoms with Crippen molar-refractivity contribution >= 4 is 42.1 Å². The Kier molecular flexibility index (Phi) is 5.23. The minimum Gasteiger partial charge on any atom is -0.258 e. The van der Waals surface area contributed by atoms with Crippen LogP contribution in [0.1, 0.15) is 0 Å². The third kappa shape index (κ3) is 3.62. The number of hydrogen-bond donors (Lipinski definition) is 0. The molecule has 0 unspecified atom stereocenters. The Morgan fingerprint density at radius 1 is 0.692 bits per heavy atom. The molecule has 2 aromatic carbocycles. The second kappa shape index (κ2) is 7.36. The van der Waals surface area contributed by atoms with Crippen molar-refractivity contribution in [3.8, 4) is 0 Å². The summed E-state index contributed by atoms with van der Waals surface area (Å²) in [6, 6.07) is 6.55. The molecule has 0 spiro atoms. The molecule has 2 rings (SSSR count). The molecular weight excluding hydrogens is 373 g/mol. The van der Waals surface area contributed by atoms with Gasteiger partial charge in [-0.25, -0.2) is 4.74 Å². The Bertz CT molecular complexity index is 899. The Morgan fingerprint density at radius 3 is 1.69 bits per heavy atom. The van der Waals surface area contributed by atoms with Crippen LogP contribution in [0.4, 0.5) is 28.4 Å². The van der Waals surface area contributed by atoms with Crippen LogP contribution in [0.3, 0.4) is 0 Å². The number of benzene rings is 2. The normalized spacial score (nSPS) is 10.6. The van der Waals surface area contributed by atoms with Crippen LogP contribution in [-0.4, -0.2) is 19.7 Å².